The van der Waals surface area contributed by atoms with Crippen LogP contribution in [0.4, 0.5) is 0 Å². The average Bonchev–Trinajstić information content (AvgIpc) is 2.69. The highest BCUT2D eigenvalue weighted by molar-refractivity contribution is 5.57. The summed E-state index contributed by atoms with van der Waals surface area (Å²) < 4.78 is 49.4. The van der Waals surface area contributed by atoms with Crippen LogP contribution in [0.3, 0.4) is 0 Å². The lowest BCUT2D eigenvalue weighted by atomic mass is 9.55. The van der Waals surface area contributed by atoms with Crippen molar-refractivity contribution < 1.29 is 48.0 Å². The van der Waals surface area contributed by atoms with E-state index in [9.17, 15) is 5.11 Å². The van der Waals surface area contributed by atoms with Crippen LogP contribution in [0, 0.1) is 15.7 Å². The molecule has 0 spiro atoms. The molecule has 5 rings (SSSR count). The summed E-state index contributed by atoms with van der Waals surface area (Å²) in [5.41, 5.74) is 4.17. The summed E-state index contributed by atoms with van der Waals surface area (Å²) in [5, 5.41) is 11.1. The molecule has 3 aliphatic rings. The van der Waals surface area contributed by atoms with Crippen LogP contribution in [0.5, 0.6) is 5.75 Å². The Morgan fingerprint density at radius 3 is 2.03 bits per heavy atom. The van der Waals surface area contributed by atoms with Crippen LogP contribution in [-0.2, 0) is 14.9 Å². The number of ether oxygens (including phenoxy) is 2. The van der Waals surface area contributed by atoms with Crippen LogP contribution >= 0.6 is 0 Å². The fourth-order valence-electron chi connectivity index (χ4n) is 5.78. The number of nitrogens with zero attached hydrogens (tertiary/aromatic N) is 1. The second-order valence-electron chi connectivity index (χ2n) is 10.2. The predicted molar refractivity (Wildman–Crippen MR) is 113 cm³/mol. The number of halogens is 1. The van der Waals surface area contributed by atoms with Crippen molar-refractivity contribution in [2.75, 3.05) is 13.2 Å². The highest BCUT2D eigenvalue weighted by atomic mass is 35.7. The van der Waals surface area contributed by atoms with Crippen LogP contribution in [0.2, 0.25) is 0 Å². The van der Waals surface area contributed by atoms with Gasteiger partial charge in [-0.15, -0.1) is 10.2 Å². The molecule has 8 nitrogen and oxygen atoms in total. The number of benzene rings is 1. The van der Waals surface area contributed by atoms with Gasteiger partial charge in [-0.05, 0) is 50.3 Å². The molecule has 2 bridgehead atoms. The molecule has 9 heteroatoms. The van der Waals surface area contributed by atoms with Gasteiger partial charge in [0.1, 0.15) is 11.7 Å². The second kappa shape index (κ2) is 9.02. The lowest BCUT2D eigenvalue weighted by Crippen LogP contribution is -2.72. The van der Waals surface area contributed by atoms with E-state index in [-0.39, 0.29) is 22.8 Å². The summed E-state index contributed by atoms with van der Waals surface area (Å²) in [6.45, 7) is 16.3. The second-order valence-corrected chi connectivity index (χ2v) is 11.0. The van der Waals surface area contributed by atoms with Gasteiger partial charge >= 0.3 is 0 Å². The summed E-state index contributed by atoms with van der Waals surface area (Å²) >= 11 is 0. The minimum Gasteiger partial charge on any atom is -0.507 e. The zero-order valence-corrected chi connectivity index (χ0v) is 21.5. The van der Waals surface area contributed by atoms with E-state index < -0.39 is 16.0 Å². The molecule has 3 heterocycles. The first-order chi connectivity index (χ1) is 15.6. The maximum absolute atomic E-state index is 11.1. The Kier molecular flexibility index (Phi) is 7.12. The fraction of sp³-hybridized carbons (Fsp3) is 0.560. The van der Waals surface area contributed by atoms with Gasteiger partial charge in [0.15, 0.2) is 23.7 Å². The van der Waals surface area contributed by atoms with Gasteiger partial charge in [0.05, 0.1) is 11.0 Å². The molecule has 1 aromatic carbocycles. The summed E-state index contributed by atoms with van der Waals surface area (Å²) in [6.07, 6.45) is 2.13. The highest BCUT2D eigenvalue weighted by Gasteiger charge is 2.71. The van der Waals surface area contributed by atoms with Crippen molar-refractivity contribution >= 4 is 0 Å². The summed E-state index contributed by atoms with van der Waals surface area (Å²) in [7, 11) is -4.94. The van der Waals surface area contributed by atoms with Gasteiger partial charge in [-0.1, -0.05) is 32.9 Å². The summed E-state index contributed by atoms with van der Waals surface area (Å²) in [4.78, 5) is 0. The number of aromatic hydroxyl groups is 1. The van der Waals surface area contributed by atoms with Gasteiger partial charge in [0.25, 0.3) is 0 Å². The van der Waals surface area contributed by atoms with E-state index in [0.29, 0.717) is 19.0 Å². The SMILES string of the molecule is CCOC1(OCC)C2c3c(C(C)(C)C)ccc(O)c3C([n+]3ccccc32)C1(C)C.[O-][Cl+3]([O-])([O-])[O-]. The number of fused-ring (bicyclic) bond motifs is 1. The molecule has 1 aromatic heterocycles. The van der Waals surface area contributed by atoms with E-state index in [1.807, 2.05) is 19.9 Å². The van der Waals surface area contributed by atoms with Crippen molar-refractivity contribution in [2.45, 2.75) is 71.6 Å². The third-order valence-corrected chi connectivity index (χ3v) is 6.81. The molecular formula is C25H34ClNO7. The largest absolute Gasteiger partial charge is 0.507 e. The van der Waals surface area contributed by atoms with Crippen molar-refractivity contribution in [3.63, 3.8) is 0 Å². The van der Waals surface area contributed by atoms with Crippen molar-refractivity contribution in [2.24, 2.45) is 5.41 Å². The number of rotatable bonds is 4. The average molecular weight is 496 g/mol. The molecule has 2 aromatic rings. The topological polar surface area (TPSA) is 135 Å². The molecule has 2 atom stereocenters. The number of aromatic nitrogens is 1. The minimum atomic E-state index is -4.94. The predicted octanol–water partition coefficient (Wildman–Crippen LogP) is 0.0650. The zero-order valence-electron chi connectivity index (χ0n) is 20.8. The quantitative estimate of drug-likeness (QED) is 0.468. The van der Waals surface area contributed by atoms with Crippen molar-refractivity contribution in [1.29, 1.82) is 0 Å². The van der Waals surface area contributed by atoms with E-state index >= 15 is 0 Å². The van der Waals surface area contributed by atoms with E-state index in [4.69, 9.17) is 28.1 Å². The van der Waals surface area contributed by atoms with Gasteiger partial charge in [-0.25, -0.2) is 18.6 Å². The molecule has 2 unspecified atom stereocenters. The molecule has 188 valence electrons. The van der Waals surface area contributed by atoms with E-state index in [1.165, 1.54) is 16.8 Å². The fourth-order valence-corrected chi connectivity index (χ4v) is 5.78. The van der Waals surface area contributed by atoms with E-state index in [0.717, 1.165) is 5.56 Å². The van der Waals surface area contributed by atoms with Crippen LogP contribution in [0.25, 0.3) is 0 Å². The zero-order chi connectivity index (χ0) is 25.7. The summed E-state index contributed by atoms with van der Waals surface area (Å²) in [5.74, 6) is -0.567. The Labute approximate surface area is 203 Å². The van der Waals surface area contributed by atoms with Gasteiger partial charge in [0, 0.05) is 25.3 Å². The van der Waals surface area contributed by atoms with E-state index in [1.54, 1.807) is 0 Å². The first kappa shape index (κ1) is 26.8. The van der Waals surface area contributed by atoms with Crippen molar-refractivity contribution in [3.8, 4) is 5.75 Å². The van der Waals surface area contributed by atoms with Gasteiger partial charge in [0.2, 0.25) is 0 Å². The first-order valence-electron chi connectivity index (χ1n) is 11.4. The first-order valence-corrected chi connectivity index (χ1v) is 12.6. The molecule has 34 heavy (non-hydrogen) atoms. The standard InChI is InChI=1S/C25H33NO3.ClHO4/c1-8-28-25(29-9-2)21-17-12-10-11-15-26(17)22(24(25,6)7)20-18(27)14-13-16(19(20)21)23(3,4)5;2-1(3,4)5/h10-15,21-22H,8-9H2,1-7H3;(H,2,3,4,5). The maximum Gasteiger partial charge on any atom is 0.197 e. The van der Waals surface area contributed by atoms with Crippen molar-refractivity contribution in [3.05, 3.63) is 58.9 Å². The number of pyridine rings is 1. The van der Waals surface area contributed by atoms with E-state index in [2.05, 4.69) is 69.6 Å². The Bertz CT molecular complexity index is 1030. The number of phenols is 1. The normalized spacial score (nSPS) is 21.9. The van der Waals surface area contributed by atoms with Crippen molar-refractivity contribution in [1.82, 2.24) is 0 Å². The minimum absolute atomic E-state index is 0.0663. The Balaban J connectivity index is 0.000000588. The number of hydrogen-bond donors (Lipinski definition) is 1. The lowest BCUT2D eigenvalue weighted by molar-refractivity contribution is -2.00. The molecule has 0 radical (unpaired) electrons. The van der Waals surface area contributed by atoms with Gasteiger partial charge in [-0.2, -0.15) is 4.57 Å². The molecule has 0 amide bonds. The van der Waals surface area contributed by atoms with Crippen LogP contribution in [-0.4, -0.2) is 24.1 Å². The smallest absolute Gasteiger partial charge is 0.197 e. The third kappa shape index (κ3) is 4.33. The van der Waals surface area contributed by atoms with Crippen LogP contribution < -0.4 is 23.2 Å². The highest BCUT2D eigenvalue weighted by Crippen LogP contribution is 2.64. The van der Waals surface area contributed by atoms with Crippen LogP contribution in [0.15, 0.2) is 36.5 Å². The molecule has 1 N–H and O–H groups in total. The van der Waals surface area contributed by atoms with Crippen LogP contribution in [0.1, 0.15) is 82.8 Å². The Hall–Kier alpha value is -1.78. The molecule has 0 fully saturated rings. The maximum atomic E-state index is 11.1. The monoisotopic (exact) mass is 495 g/mol. The Morgan fingerprint density at radius 1 is 0.971 bits per heavy atom. The van der Waals surface area contributed by atoms with Gasteiger partial charge < -0.3 is 14.6 Å². The van der Waals surface area contributed by atoms with Gasteiger partial charge in [-0.3, -0.25) is 0 Å². The molecular weight excluding hydrogens is 462 g/mol. The molecule has 1 aliphatic carbocycles. The molecule has 0 saturated carbocycles. The third-order valence-electron chi connectivity index (χ3n) is 6.81. The molecule has 2 aliphatic heterocycles. The Morgan fingerprint density at radius 2 is 1.53 bits per heavy atom. The number of hydrogen-bond acceptors (Lipinski definition) is 7. The number of phenolic OH excluding ortho intramolecular Hbond substituents is 1. The molecule has 0 saturated heterocycles. The lowest BCUT2D eigenvalue weighted by Gasteiger charge is -2.58. The summed E-state index contributed by atoms with van der Waals surface area (Å²) in [6, 6.07) is 10.2.